The molecule has 1 aromatic rings. The molecule has 1 rings (SSSR count). The number of rotatable bonds is 6. The van der Waals surface area contributed by atoms with Gasteiger partial charge in [0.15, 0.2) is 0 Å². The monoisotopic (exact) mass is 256 g/mol. The van der Waals surface area contributed by atoms with Gasteiger partial charge in [-0.2, -0.15) is 11.8 Å². The zero-order valence-corrected chi connectivity index (χ0v) is 11.3. The molecule has 0 aromatic heterocycles. The maximum Gasteiger partial charge on any atom is 0.122 e. The summed E-state index contributed by atoms with van der Waals surface area (Å²) in [5, 5.41) is 13.2. The number of hydrogen-bond donors (Lipinski definition) is 3. The van der Waals surface area contributed by atoms with E-state index in [9.17, 15) is 5.11 Å². The van der Waals surface area contributed by atoms with Gasteiger partial charge >= 0.3 is 0 Å². The van der Waals surface area contributed by atoms with Crippen LogP contribution in [0, 0.1) is 0 Å². The Bertz CT molecular complexity index is 370. The van der Waals surface area contributed by atoms with Crippen LogP contribution in [0.4, 0.5) is 11.4 Å². The average molecular weight is 256 g/mol. The highest BCUT2D eigenvalue weighted by Crippen LogP contribution is 2.23. The molecule has 0 spiro atoms. The molecule has 5 heteroatoms. The van der Waals surface area contributed by atoms with E-state index in [0.29, 0.717) is 23.7 Å². The highest BCUT2D eigenvalue weighted by Gasteiger charge is 2.19. The van der Waals surface area contributed by atoms with Gasteiger partial charge in [-0.25, -0.2) is 0 Å². The summed E-state index contributed by atoms with van der Waals surface area (Å²) in [6.07, 6.45) is 1.97. The van der Waals surface area contributed by atoms with Crippen LogP contribution in [0.1, 0.15) is 6.92 Å². The highest BCUT2D eigenvalue weighted by molar-refractivity contribution is 7.98. The molecule has 0 saturated carbocycles. The first-order valence-corrected chi connectivity index (χ1v) is 6.76. The Morgan fingerprint density at radius 3 is 2.76 bits per heavy atom. The van der Waals surface area contributed by atoms with Crippen LogP contribution >= 0.6 is 11.8 Å². The number of aliphatic hydroxyl groups is 1. The van der Waals surface area contributed by atoms with Gasteiger partial charge in [-0.15, -0.1) is 0 Å². The molecule has 0 bridgehead atoms. The number of nitrogens with one attached hydrogen (secondary N) is 1. The Hall–Kier alpha value is -1.07. The van der Waals surface area contributed by atoms with Gasteiger partial charge in [0.1, 0.15) is 5.75 Å². The normalized spacial score (nSPS) is 14.1. The molecule has 0 saturated heterocycles. The van der Waals surface area contributed by atoms with E-state index in [1.165, 1.54) is 0 Å². The Balaban J connectivity index is 2.65. The molecule has 0 aliphatic rings. The smallest absolute Gasteiger partial charge is 0.122 e. The van der Waals surface area contributed by atoms with Crippen LogP contribution < -0.4 is 15.8 Å². The van der Waals surface area contributed by atoms with Crippen LogP contribution in [0.25, 0.3) is 0 Å². The molecule has 0 aliphatic carbocycles. The molecule has 0 aliphatic heterocycles. The van der Waals surface area contributed by atoms with Crippen molar-refractivity contribution in [2.45, 2.75) is 12.5 Å². The maximum absolute atomic E-state index is 10.0. The second-order valence-electron chi connectivity index (χ2n) is 4.28. The molecule has 1 aromatic carbocycles. The first-order valence-electron chi connectivity index (χ1n) is 5.36. The fourth-order valence-electron chi connectivity index (χ4n) is 1.50. The Morgan fingerprint density at radius 2 is 2.18 bits per heavy atom. The second kappa shape index (κ2) is 6.02. The molecule has 1 atom stereocenters. The van der Waals surface area contributed by atoms with E-state index >= 15 is 0 Å². The van der Waals surface area contributed by atoms with Gasteiger partial charge in [-0.05, 0) is 19.2 Å². The predicted octanol–water partition coefficient (Wildman–Crippen LogP) is 1.80. The third-order valence-electron chi connectivity index (χ3n) is 2.29. The minimum Gasteiger partial charge on any atom is -0.497 e. The van der Waals surface area contributed by atoms with Gasteiger partial charge in [0.2, 0.25) is 0 Å². The van der Waals surface area contributed by atoms with Gasteiger partial charge in [0.25, 0.3) is 0 Å². The number of ether oxygens (including phenoxy) is 1. The number of nitrogen functional groups attached to an aromatic ring is 1. The van der Waals surface area contributed by atoms with Crippen molar-refractivity contribution in [2.24, 2.45) is 0 Å². The largest absolute Gasteiger partial charge is 0.497 e. The van der Waals surface area contributed by atoms with E-state index in [1.54, 1.807) is 31.9 Å². The highest BCUT2D eigenvalue weighted by atomic mass is 32.2. The fourth-order valence-corrected chi connectivity index (χ4v) is 2.22. The van der Waals surface area contributed by atoms with E-state index in [0.717, 1.165) is 5.69 Å². The van der Waals surface area contributed by atoms with Crippen molar-refractivity contribution in [2.75, 3.05) is 36.7 Å². The molecule has 17 heavy (non-hydrogen) atoms. The lowest BCUT2D eigenvalue weighted by atomic mass is 10.1. The van der Waals surface area contributed by atoms with Gasteiger partial charge in [0, 0.05) is 35.8 Å². The predicted molar refractivity (Wildman–Crippen MR) is 74.9 cm³/mol. The minimum absolute atomic E-state index is 0.473. The van der Waals surface area contributed by atoms with E-state index < -0.39 is 5.60 Å². The molecule has 4 nitrogen and oxygen atoms in total. The number of nitrogens with two attached hydrogens (primary N) is 1. The quantitative estimate of drug-likeness (QED) is 0.677. The molecular formula is C12H20N2O2S. The number of anilines is 2. The summed E-state index contributed by atoms with van der Waals surface area (Å²) in [5.74, 6) is 1.39. The van der Waals surface area contributed by atoms with E-state index in [1.807, 2.05) is 18.4 Å². The first-order chi connectivity index (χ1) is 7.96. The zero-order chi connectivity index (χ0) is 12.9. The SMILES string of the molecule is COc1cc(N)cc(NCC(C)(O)CSC)c1. The van der Waals surface area contributed by atoms with Gasteiger partial charge in [-0.3, -0.25) is 0 Å². The lowest BCUT2D eigenvalue weighted by molar-refractivity contribution is 0.0997. The van der Waals surface area contributed by atoms with Crippen molar-refractivity contribution in [3.05, 3.63) is 18.2 Å². The van der Waals surface area contributed by atoms with Crippen molar-refractivity contribution < 1.29 is 9.84 Å². The van der Waals surface area contributed by atoms with E-state index in [4.69, 9.17) is 10.5 Å². The van der Waals surface area contributed by atoms with Gasteiger partial charge in [0.05, 0.1) is 12.7 Å². The van der Waals surface area contributed by atoms with Crippen LogP contribution in [0.5, 0.6) is 5.75 Å². The number of thioether (sulfide) groups is 1. The Morgan fingerprint density at radius 1 is 1.47 bits per heavy atom. The van der Waals surface area contributed by atoms with Gasteiger partial charge in [-0.1, -0.05) is 0 Å². The molecule has 96 valence electrons. The van der Waals surface area contributed by atoms with E-state index in [-0.39, 0.29) is 0 Å². The summed E-state index contributed by atoms with van der Waals surface area (Å²) in [6.45, 7) is 2.28. The number of benzene rings is 1. The van der Waals surface area contributed by atoms with Gasteiger partial charge < -0.3 is 20.9 Å². The van der Waals surface area contributed by atoms with Crippen molar-refractivity contribution in [3.63, 3.8) is 0 Å². The standard InChI is InChI=1S/C12H20N2O2S/c1-12(15,8-17-3)7-14-10-4-9(13)5-11(6-10)16-2/h4-6,14-15H,7-8,13H2,1-3H3. The van der Waals surface area contributed by atoms with Crippen LogP contribution in [0.3, 0.4) is 0 Å². The van der Waals surface area contributed by atoms with Crippen LogP contribution in [-0.2, 0) is 0 Å². The summed E-state index contributed by atoms with van der Waals surface area (Å²) in [5.41, 5.74) is 6.49. The summed E-state index contributed by atoms with van der Waals surface area (Å²) < 4.78 is 5.13. The van der Waals surface area contributed by atoms with Crippen LogP contribution in [0.15, 0.2) is 18.2 Å². The number of methoxy groups -OCH3 is 1. The number of hydrogen-bond acceptors (Lipinski definition) is 5. The average Bonchev–Trinajstić information content (AvgIpc) is 2.26. The summed E-state index contributed by atoms with van der Waals surface area (Å²) in [6, 6.07) is 5.43. The molecule has 0 fully saturated rings. The Labute approximate surface area is 107 Å². The summed E-state index contributed by atoms with van der Waals surface area (Å²) in [7, 11) is 1.60. The van der Waals surface area contributed by atoms with Crippen molar-refractivity contribution in [1.29, 1.82) is 0 Å². The molecule has 0 amide bonds. The zero-order valence-electron chi connectivity index (χ0n) is 10.5. The van der Waals surface area contributed by atoms with Crippen LogP contribution in [-0.4, -0.2) is 36.4 Å². The van der Waals surface area contributed by atoms with Crippen molar-refractivity contribution >= 4 is 23.1 Å². The Kier molecular flexibility index (Phi) is 4.96. The maximum atomic E-state index is 10.0. The molecule has 4 N–H and O–H groups in total. The molecule has 1 unspecified atom stereocenters. The molecule has 0 radical (unpaired) electrons. The minimum atomic E-state index is -0.739. The summed E-state index contributed by atoms with van der Waals surface area (Å²) in [4.78, 5) is 0. The van der Waals surface area contributed by atoms with Crippen molar-refractivity contribution in [3.8, 4) is 5.75 Å². The van der Waals surface area contributed by atoms with Crippen molar-refractivity contribution in [1.82, 2.24) is 0 Å². The lowest BCUT2D eigenvalue weighted by Gasteiger charge is -2.23. The topological polar surface area (TPSA) is 67.5 Å². The lowest BCUT2D eigenvalue weighted by Crippen LogP contribution is -2.36. The third kappa shape index (κ3) is 4.75. The first kappa shape index (κ1) is 14.0. The molecular weight excluding hydrogens is 236 g/mol. The van der Waals surface area contributed by atoms with E-state index in [2.05, 4.69) is 5.32 Å². The van der Waals surface area contributed by atoms with Crippen LogP contribution in [0.2, 0.25) is 0 Å². The summed E-state index contributed by atoms with van der Waals surface area (Å²) >= 11 is 1.62. The second-order valence-corrected chi connectivity index (χ2v) is 5.14. The third-order valence-corrected chi connectivity index (χ3v) is 3.20. The fraction of sp³-hybridized carbons (Fsp3) is 0.500. The molecule has 0 heterocycles.